The van der Waals surface area contributed by atoms with Crippen LogP contribution >= 0.6 is 23.2 Å². The van der Waals surface area contributed by atoms with E-state index in [1.165, 1.54) is 7.11 Å². The Balaban J connectivity index is 2.85. The van der Waals surface area contributed by atoms with Gasteiger partial charge in [-0.2, -0.15) is 0 Å². The topological polar surface area (TPSA) is 77.2 Å². The number of halogens is 2. The highest BCUT2D eigenvalue weighted by Crippen LogP contribution is 2.26. The molecule has 1 aromatic heterocycles. The van der Waals surface area contributed by atoms with Crippen LogP contribution in [0.5, 0.6) is 0 Å². The summed E-state index contributed by atoms with van der Waals surface area (Å²) in [7, 11) is 1.47. The van der Waals surface area contributed by atoms with Crippen LogP contribution in [0.4, 0.5) is 5.69 Å². The van der Waals surface area contributed by atoms with E-state index in [4.69, 9.17) is 33.7 Å². The van der Waals surface area contributed by atoms with Crippen molar-refractivity contribution in [3.63, 3.8) is 0 Å². The minimum absolute atomic E-state index is 0.128. The zero-order chi connectivity index (χ0) is 13.0. The lowest BCUT2D eigenvalue weighted by Gasteiger charge is -2.13. The lowest BCUT2D eigenvalue weighted by atomic mass is 10.2. The van der Waals surface area contributed by atoms with E-state index in [1.807, 2.05) is 0 Å². The maximum Gasteiger partial charge on any atom is 0.243 e. The van der Waals surface area contributed by atoms with Gasteiger partial charge in [0.1, 0.15) is 11.2 Å². The maximum absolute atomic E-state index is 11.7. The molecule has 0 radical (unpaired) electrons. The summed E-state index contributed by atoms with van der Waals surface area (Å²) in [6.45, 7) is 1.89. The summed E-state index contributed by atoms with van der Waals surface area (Å²) in [4.78, 5) is 15.5. The van der Waals surface area contributed by atoms with E-state index in [0.29, 0.717) is 11.3 Å². The Morgan fingerprint density at radius 3 is 2.82 bits per heavy atom. The number of aryl methyl sites for hydroxylation is 1. The van der Waals surface area contributed by atoms with Crippen molar-refractivity contribution in [1.82, 2.24) is 4.98 Å². The number of nitrogens with zero attached hydrogens (tertiary/aromatic N) is 1. The number of ether oxygens (including phenoxy) is 1. The molecule has 3 N–H and O–H groups in total. The Labute approximate surface area is 109 Å². The number of methoxy groups -OCH3 is 1. The molecule has 0 saturated carbocycles. The highest BCUT2D eigenvalue weighted by Gasteiger charge is 2.16. The van der Waals surface area contributed by atoms with Gasteiger partial charge in [0.25, 0.3) is 0 Å². The molecule has 0 fully saturated rings. The van der Waals surface area contributed by atoms with Gasteiger partial charge in [-0.3, -0.25) is 4.79 Å². The van der Waals surface area contributed by atoms with Gasteiger partial charge in [-0.25, -0.2) is 4.98 Å². The van der Waals surface area contributed by atoms with Crippen molar-refractivity contribution in [2.24, 2.45) is 5.73 Å². The Morgan fingerprint density at radius 1 is 1.65 bits per heavy atom. The molecule has 0 aliphatic rings. The predicted octanol–water partition coefficient (Wildman–Crippen LogP) is 1.61. The zero-order valence-corrected chi connectivity index (χ0v) is 11.0. The molecule has 0 aliphatic carbocycles. The lowest BCUT2D eigenvalue weighted by Crippen LogP contribution is -2.39. The number of anilines is 1. The molecule has 0 saturated heterocycles. The zero-order valence-electron chi connectivity index (χ0n) is 9.46. The van der Waals surface area contributed by atoms with E-state index in [-0.39, 0.29) is 22.8 Å². The summed E-state index contributed by atoms with van der Waals surface area (Å²) in [6, 6.07) is 0.844. The lowest BCUT2D eigenvalue weighted by molar-refractivity contribution is -0.118. The number of carbonyl (C=O) groups excluding carboxylic acids is 1. The first kappa shape index (κ1) is 14.2. The highest BCUT2D eigenvalue weighted by atomic mass is 35.5. The maximum atomic E-state index is 11.7. The molecule has 1 atom stereocenters. The molecule has 1 heterocycles. The number of nitrogens with one attached hydrogen (secondary N) is 1. The number of hydrogen-bond acceptors (Lipinski definition) is 4. The number of hydrogen-bond donors (Lipinski definition) is 2. The third-order valence-electron chi connectivity index (χ3n) is 2.07. The smallest absolute Gasteiger partial charge is 0.243 e. The Bertz CT molecular complexity index is 403. The molecule has 1 rings (SSSR count). The molecule has 17 heavy (non-hydrogen) atoms. The van der Waals surface area contributed by atoms with Crippen LogP contribution < -0.4 is 11.1 Å². The van der Waals surface area contributed by atoms with Gasteiger partial charge in [0, 0.05) is 7.11 Å². The summed E-state index contributed by atoms with van der Waals surface area (Å²) in [6.07, 6.45) is 0. The third-order valence-corrected chi connectivity index (χ3v) is 2.54. The van der Waals surface area contributed by atoms with E-state index in [9.17, 15) is 4.79 Å². The summed E-state index contributed by atoms with van der Waals surface area (Å²) in [5.41, 5.74) is 6.70. The summed E-state index contributed by atoms with van der Waals surface area (Å²) >= 11 is 11.6. The molecule has 0 spiro atoms. The van der Waals surface area contributed by atoms with Gasteiger partial charge in [0.05, 0.1) is 12.3 Å². The van der Waals surface area contributed by atoms with Crippen molar-refractivity contribution in [3.8, 4) is 0 Å². The molecular weight excluding hydrogens is 265 g/mol. The van der Waals surface area contributed by atoms with Gasteiger partial charge in [-0.05, 0) is 18.6 Å². The van der Waals surface area contributed by atoms with Gasteiger partial charge < -0.3 is 15.8 Å². The van der Waals surface area contributed by atoms with Gasteiger partial charge in [-0.1, -0.05) is 23.2 Å². The van der Waals surface area contributed by atoms with Crippen molar-refractivity contribution in [1.29, 1.82) is 0 Å². The van der Waals surface area contributed by atoms with Crippen LogP contribution in [0.3, 0.4) is 0 Å². The second kappa shape index (κ2) is 6.16. The van der Waals surface area contributed by atoms with Gasteiger partial charge in [0.2, 0.25) is 5.91 Å². The largest absolute Gasteiger partial charge is 0.383 e. The molecule has 5 nitrogen and oxygen atoms in total. The number of amides is 1. The summed E-state index contributed by atoms with van der Waals surface area (Å²) < 4.78 is 4.79. The molecule has 7 heteroatoms. The van der Waals surface area contributed by atoms with E-state index in [0.717, 1.165) is 0 Å². The van der Waals surface area contributed by atoms with Crippen molar-refractivity contribution in [2.45, 2.75) is 13.0 Å². The monoisotopic (exact) mass is 277 g/mol. The fourth-order valence-corrected chi connectivity index (χ4v) is 1.80. The first-order chi connectivity index (χ1) is 7.95. The minimum Gasteiger partial charge on any atom is -0.383 e. The Kier molecular flexibility index (Phi) is 5.14. The van der Waals surface area contributed by atoms with Crippen LogP contribution in [-0.4, -0.2) is 30.6 Å². The number of carbonyl (C=O) groups is 1. The third kappa shape index (κ3) is 3.81. The fraction of sp³-hybridized carbons (Fsp3) is 0.400. The van der Waals surface area contributed by atoms with Crippen molar-refractivity contribution in [3.05, 3.63) is 21.9 Å². The predicted molar refractivity (Wildman–Crippen MR) is 67.5 cm³/mol. The molecule has 1 amide bonds. The molecule has 1 aromatic rings. The molecule has 0 bridgehead atoms. The van der Waals surface area contributed by atoms with Gasteiger partial charge >= 0.3 is 0 Å². The number of nitrogens with two attached hydrogens (primary N) is 1. The highest BCUT2D eigenvalue weighted by molar-refractivity contribution is 6.34. The van der Waals surface area contributed by atoms with Crippen LogP contribution in [0, 0.1) is 6.92 Å². The molecule has 0 aromatic carbocycles. The van der Waals surface area contributed by atoms with Gasteiger partial charge in [-0.15, -0.1) is 0 Å². The van der Waals surface area contributed by atoms with Gasteiger partial charge in [0.15, 0.2) is 5.15 Å². The second-order valence-electron chi connectivity index (χ2n) is 3.48. The number of pyridine rings is 1. The first-order valence-electron chi connectivity index (χ1n) is 4.83. The average molecular weight is 278 g/mol. The Morgan fingerprint density at radius 2 is 2.29 bits per heavy atom. The standard InChI is InChI=1S/C10H13Cl2N3O2/c1-5-3-7(11)14-9(12)8(5)15-10(16)6(13)4-17-2/h3,6H,4,13H2,1-2H3,(H,15,16). The van der Waals surface area contributed by atoms with E-state index < -0.39 is 6.04 Å². The molecule has 0 aliphatic heterocycles. The first-order valence-corrected chi connectivity index (χ1v) is 5.59. The normalized spacial score (nSPS) is 12.3. The summed E-state index contributed by atoms with van der Waals surface area (Å²) in [5, 5.41) is 3.00. The van der Waals surface area contributed by atoms with Crippen molar-refractivity contribution < 1.29 is 9.53 Å². The van der Waals surface area contributed by atoms with Crippen LogP contribution in [-0.2, 0) is 9.53 Å². The van der Waals surface area contributed by atoms with Crippen LogP contribution in [0.2, 0.25) is 10.3 Å². The fourth-order valence-electron chi connectivity index (χ4n) is 1.22. The molecular formula is C10H13Cl2N3O2. The quantitative estimate of drug-likeness (QED) is 0.820. The van der Waals surface area contributed by atoms with E-state index in [1.54, 1.807) is 13.0 Å². The second-order valence-corrected chi connectivity index (χ2v) is 4.22. The van der Waals surface area contributed by atoms with E-state index >= 15 is 0 Å². The summed E-state index contributed by atoms with van der Waals surface area (Å²) in [5.74, 6) is -0.388. The van der Waals surface area contributed by atoms with Crippen LogP contribution in [0.1, 0.15) is 5.56 Å². The average Bonchev–Trinajstić information content (AvgIpc) is 2.23. The number of aromatic nitrogens is 1. The van der Waals surface area contributed by atoms with Crippen molar-refractivity contribution >= 4 is 34.8 Å². The van der Waals surface area contributed by atoms with Crippen LogP contribution in [0.15, 0.2) is 6.07 Å². The minimum atomic E-state index is -0.758. The van der Waals surface area contributed by atoms with Crippen LogP contribution in [0.25, 0.3) is 0 Å². The number of rotatable bonds is 4. The Hall–Kier alpha value is -0.880. The molecule has 1 unspecified atom stereocenters. The molecule has 94 valence electrons. The van der Waals surface area contributed by atoms with Crippen molar-refractivity contribution in [2.75, 3.05) is 19.0 Å². The SMILES string of the molecule is COCC(N)C(=O)Nc1c(C)cc(Cl)nc1Cl. The van der Waals surface area contributed by atoms with E-state index in [2.05, 4.69) is 10.3 Å².